The van der Waals surface area contributed by atoms with Gasteiger partial charge in [0.25, 0.3) is 5.91 Å². The van der Waals surface area contributed by atoms with Crippen molar-refractivity contribution in [3.63, 3.8) is 0 Å². The Kier molecular flexibility index (Phi) is 6.60. The molecule has 0 spiro atoms. The van der Waals surface area contributed by atoms with E-state index >= 15 is 0 Å². The van der Waals surface area contributed by atoms with Crippen LogP contribution in [0.1, 0.15) is 12.5 Å². The molecule has 0 aromatic heterocycles. The minimum Gasteiger partial charge on any atom is -0.497 e. The molecule has 1 atom stereocenters. The zero-order valence-corrected chi connectivity index (χ0v) is 15.5. The Morgan fingerprint density at radius 2 is 1.62 bits per heavy atom. The Morgan fingerprint density at radius 1 is 1.04 bits per heavy atom. The van der Waals surface area contributed by atoms with Crippen molar-refractivity contribution in [3.05, 3.63) is 54.1 Å². The average Bonchev–Trinajstić information content (AvgIpc) is 2.63. The minimum absolute atomic E-state index is 0.0526. The lowest BCUT2D eigenvalue weighted by Crippen LogP contribution is -2.41. The van der Waals surface area contributed by atoms with Gasteiger partial charge in [0.1, 0.15) is 11.5 Å². The fourth-order valence-corrected chi connectivity index (χ4v) is 2.35. The molecule has 2 amide bonds. The molecular weight excluding hydrogens is 332 g/mol. The van der Waals surface area contributed by atoms with Crippen LogP contribution in [0.4, 0.5) is 5.69 Å². The van der Waals surface area contributed by atoms with Crippen LogP contribution >= 0.6 is 0 Å². The molecule has 0 aliphatic heterocycles. The summed E-state index contributed by atoms with van der Waals surface area (Å²) in [5.74, 6) is 0.728. The molecule has 1 unspecified atom stereocenters. The van der Waals surface area contributed by atoms with Gasteiger partial charge in [0.2, 0.25) is 5.91 Å². The maximum Gasteiger partial charge on any atom is 0.263 e. The Hall–Kier alpha value is -3.02. The molecule has 0 fully saturated rings. The van der Waals surface area contributed by atoms with Crippen molar-refractivity contribution >= 4 is 17.5 Å². The fourth-order valence-electron chi connectivity index (χ4n) is 2.35. The average molecular weight is 356 g/mol. The number of methoxy groups -OCH3 is 1. The lowest BCUT2D eigenvalue weighted by molar-refractivity contribution is -0.139. The summed E-state index contributed by atoms with van der Waals surface area (Å²) < 4.78 is 10.7. The molecule has 0 radical (unpaired) electrons. The van der Waals surface area contributed by atoms with Crippen molar-refractivity contribution < 1.29 is 19.1 Å². The van der Waals surface area contributed by atoms with E-state index in [0.29, 0.717) is 17.2 Å². The summed E-state index contributed by atoms with van der Waals surface area (Å²) in [7, 11) is 3.16. The highest BCUT2D eigenvalue weighted by Gasteiger charge is 2.21. The Balaban J connectivity index is 1.86. The van der Waals surface area contributed by atoms with E-state index in [-0.39, 0.29) is 18.4 Å². The number of amides is 2. The maximum atomic E-state index is 12.4. The third-order valence-electron chi connectivity index (χ3n) is 3.81. The second kappa shape index (κ2) is 8.89. The first-order chi connectivity index (χ1) is 12.4. The van der Waals surface area contributed by atoms with Crippen molar-refractivity contribution in [2.75, 3.05) is 26.0 Å². The van der Waals surface area contributed by atoms with Gasteiger partial charge in [-0.05, 0) is 50.2 Å². The molecule has 1 N–H and O–H groups in total. The van der Waals surface area contributed by atoms with E-state index in [1.807, 2.05) is 31.2 Å². The van der Waals surface area contributed by atoms with Crippen LogP contribution in [-0.2, 0) is 9.59 Å². The number of hydrogen-bond donors (Lipinski definition) is 1. The van der Waals surface area contributed by atoms with Gasteiger partial charge in [-0.3, -0.25) is 9.59 Å². The van der Waals surface area contributed by atoms with E-state index < -0.39 is 6.10 Å². The van der Waals surface area contributed by atoms with Crippen LogP contribution in [0, 0.1) is 6.92 Å². The van der Waals surface area contributed by atoms with Crippen LogP contribution in [-0.4, -0.2) is 43.5 Å². The third-order valence-corrected chi connectivity index (χ3v) is 3.81. The van der Waals surface area contributed by atoms with Crippen LogP contribution in [0.5, 0.6) is 11.5 Å². The second-order valence-electron chi connectivity index (χ2n) is 6.04. The molecule has 138 valence electrons. The van der Waals surface area contributed by atoms with Crippen molar-refractivity contribution in [1.29, 1.82) is 0 Å². The summed E-state index contributed by atoms with van der Waals surface area (Å²) in [6.45, 7) is 3.58. The Bertz CT molecular complexity index is 741. The van der Waals surface area contributed by atoms with E-state index in [1.165, 1.54) is 4.90 Å². The van der Waals surface area contributed by atoms with Gasteiger partial charge in [-0.15, -0.1) is 0 Å². The molecule has 0 aliphatic rings. The molecule has 26 heavy (non-hydrogen) atoms. The van der Waals surface area contributed by atoms with E-state index in [0.717, 1.165) is 5.56 Å². The summed E-state index contributed by atoms with van der Waals surface area (Å²) in [6.07, 6.45) is -0.708. The number of carbonyl (C=O) groups is 2. The van der Waals surface area contributed by atoms with E-state index in [1.54, 1.807) is 45.3 Å². The van der Waals surface area contributed by atoms with Crippen LogP contribution in [0.2, 0.25) is 0 Å². The molecule has 2 rings (SSSR count). The van der Waals surface area contributed by atoms with Crippen LogP contribution in [0.15, 0.2) is 48.5 Å². The molecule has 0 bridgehead atoms. The molecule has 0 aliphatic carbocycles. The van der Waals surface area contributed by atoms with Gasteiger partial charge in [0, 0.05) is 12.7 Å². The number of carbonyl (C=O) groups excluding carboxylic acids is 2. The summed E-state index contributed by atoms with van der Waals surface area (Å²) >= 11 is 0. The Morgan fingerprint density at radius 3 is 2.19 bits per heavy atom. The quantitative estimate of drug-likeness (QED) is 0.828. The van der Waals surface area contributed by atoms with Gasteiger partial charge < -0.3 is 19.7 Å². The molecule has 0 saturated heterocycles. The van der Waals surface area contributed by atoms with Gasteiger partial charge in [-0.2, -0.15) is 0 Å². The third kappa shape index (κ3) is 5.51. The smallest absolute Gasteiger partial charge is 0.263 e. The maximum absolute atomic E-state index is 12.4. The van der Waals surface area contributed by atoms with Crippen LogP contribution in [0.25, 0.3) is 0 Å². The van der Waals surface area contributed by atoms with Crippen LogP contribution in [0.3, 0.4) is 0 Å². The highest BCUT2D eigenvalue weighted by Crippen LogP contribution is 2.18. The zero-order valence-electron chi connectivity index (χ0n) is 15.5. The first-order valence-electron chi connectivity index (χ1n) is 8.31. The Labute approximate surface area is 153 Å². The number of nitrogens with one attached hydrogen (secondary N) is 1. The number of rotatable bonds is 7. The van der Waals surface area contributed by atoms with Gasteiger partial charge in [0.15, 0.2) is 6.10 Å². The summed E-state index contributed by atoms with van der Waals surface area (Å²) in [5, 5.41) is 2.77. The standard InChI is InChI=1S/C20H24N2O4/c1-14-5-7-16(8-6-14)21-19(23)13-22(3)20(24)15(2)26-18-11-9-17(25-4)10-12-18/h5-12,15H,13H2,1-4H3,(H,21,23). The van der Waals surface area contributed by atoms with Gasteiger partial charge >= 0.3 is 0 Å². The lowest BCUT2D eigenvalue weighted by atomic mass is 10.2. The highest BCUT2D eigenvalue weighted by atomic mass is 16.5. The molecular formula is C20H24N2O4. The van der Waals surface area contributed by atoms with Crippen LogP contribution < -0.4 is 14.8 Å². The minimum atomic E-state index is -0.708. The normalized spacial score (nSPS) is 11.4. The number of ether oxygens (including phenoxy) is 2. The van der Waals surface area contributed by atoms with Crippen molar-refractivity contribution in [3.8, 4) is 11.5 Å². The predicted octanol–water partition coefficient (Wildman–Crippen LogP) is 2.87. The molecule has 2 aromatic carbocycles. The highest BCUT2D eigenvalue weighted by molar-refractivity contribution is 5.95. The fraction of sp³-hybridized carbons (Fsp3) is 0.300. The first-order valence-corrected chi connectivity index (χ1v) is 8.31. The van der Waals surface area contributed by atoms with Gasteiger partial charge in [-0.1, -0.05) is 17.7 Å². The molecule has 6 heteroatoms. The van der Waals surface area contributed by atoms with E-state index in [9.17, 15) is 9.59 Å². The molecule has 0 saturated carbocycles. The van der Waals surface area contributed by atoms with E-state index in [2.05, 4.69) is 5.32 Å². The number of benzene rings is 2. The van der Waals surface area contributed by atoms with Crippen molar-refractivity contribution in [2.45, 2.75) is 20.0 Å². The summed E-state index contributed by atoms with van der Waals surface area (Å²) in [4.78, 5) is 25.8. The largest absolute Gasteiger partial charge is 0.497 e. The summed E-state index contributed by atoms with van der Waals surface area (Å²) in [5.41, 5.74) is 1.81. The second-order valence-corrected chi connectivity index (χ2v) is 6.04. The number of aryl methyl sites for hydroxylation is 1. The van der Waals surface area contributed by atoms with Crippen molar-refractivity contribution in [2.24, 2.45) is 0 Å². The van der Waals surface area contributed by atoms with Crippen molar-refractivity contribution in [1.82, 2.24) is 4.90 Å². The molecule has 0 heterocycles. The SMILES string of the molecule is COc1ccc(OC(C)C(=O)N(C)CC(=O)Nc2ccc(C)cc2)cc1. The summed E-state index contributed by atoms with van der Waals surface area (Å²) in [6, 6.07) is 14.4. The van der Waals surface area contributed by atoms with E-state index in [4.69, 9.17) is 9.47 Å². The lowest BCUT2D eigenvalue weighted by Gasteiger charge is -2.22. The van der Waals surface area contributed by atoms with Gasteiger partial charge in [-0.25, -0.2) is 0 Å². The predicted molar refractivity (Wildman–Crippen MR) is 101 cm³/mol. The number of nitrogens with zero attached hydrogens (tertiary/aromatic N) is 1. The number of hydrogen-bond acceptors (Lipinski definition) is 4. The molecule has 2 aromatic rings. The first kappa shape index (κ1) is 19.3. The number of anilines is 1. The topological polar surface area (TPSA) is 67.9 Å². The monoisotopic (exact) mass is 356 g/mol. The zero-order chi connectivity index (χ0) is 19.1. The molecule has 6 nitrogen and oxygen atoms in total. The number of likely N-dealkylation sites (N-methyl/N-ethyl adjacent to an activating group) is 1. The van der Waals surface area contributed by atoms with Gasteiger partial charge in [0.05, 0.1) is 13.7 Å².